The molecule has 1 saturated heterocycles. The van der Waals surface area contributed by atoms with Gasteiger partial charge in [0.2, 0.25) is 5.91 Å². The number of ether oxygens (including phenoxy) is 1. The topological polar surface area (TPSA) is 61.9 Å². The normalized spacial score (nSPS) is 15.3. The maximum absolute atomic E-state index is 13.0. The Labute approximate surface area is 139 Å². The molecule has 2 amide bonds. The van der Waals surface area contributed by atoms with Crippen molar-refractivity contribution in [2.45, 2.75) is 0 Å². The van der Waals surface area contributed by atoms with Crippen LogP contribution in [-0.4, -0.2) is 68.0 Å². The van der Waals surface area contributed by atoms with Gasteiger partial charge in [-0.25, -0.2) is 4.39 Å². The molecule has 1 fully saturated rings. The number of piperazine rings is 1. The molecule has 0 aromatic heterocycles. The van der Waals surface area contributed by atoms with E-state index in [4.69, 9.17) is 16.3 Å². The Morgan fingerprint density at radius 2 is 2.00 bits per heavy atom. The average Bonchev–Trinajstić information content (AvgIpc) is 2.56. The number of nitrogens with zero attached hydrogens (tertiary/aromatic N) is 2. The molecule has 1 aromatic rings. The lowest BCUT2D eigenvalue weighted by atomic mass is 10.3. The second-order valence-electron chi connectivity index (χ2n) is 5.19. The van der Waals surface area contributed by atoms with Crippen molar-refractivity contribution in [1.29, 1.82) is 0 Å². The predicted octanol–water partition coefficient (Wildman–Crippen LogP) is 0.748. The number of benzene rings is 1. The molecule has 1 heterocycles. The Morgan fingerprint density at radius 1 is 1.30 bits per heavy atom. The smallest absolute Gasteiger partial charge is 0.260 e. The number of carbonyl (C=O) groups excluding carboxylic acids is 2. The third-order valence-electron chi connectivity index (χ3n) is 3.62. The molecule has 1 aliphatic rings. The highest BCUT2D eigenvalue weighted by molar-refractivity contribution is 6.30. The number of nitrogens with one attached hydrogen (secondary N) is 1. The first-order chi connectivity index (χ1) is 11.0. The number of rotatable bonds is 5. The molecular weight excluding hydrogens is 325 g/mol. The zero-order valence-electron chi connectivity index (χ0n) is 12.8. The SMILES string of the molecule is CNC(=O)CN1CCN(C(=O)COc2ccc(F)c(Cl)c2)CC1. The molecule has 0 spiro atoms. The van der Waals surface area contributed by atoms with Gasteiger partial charge in [0.25, 0.3) is 5.91 Å². The van der Waals surface area contributed by atoms with E-state index in [-0.39, 0.29) is 23.4 Å². The van der Waals surface area contributed by atoms with E-state index in [0.717, 1.165) is 0 Å². The summed E-state index contributed by atoms with van der Waals surface area (Å²) in [6.45, 7) is 2.58. The molecule has 23 heavy (non-hydrogen) atoms. The lowest BCUT2D eigenvalue weighted by Gasteiger charge is -2.34. The highest BCUT2D eigenvalue weighted by Crippen LogP contribution is 2.21. The van der Waals surface area contributed by atoms with Crippen LogP contribution >= 0.6 is 11.6 Å². The van der Waals surface area contributed by atoms with Gasteiger partial charge in [-0.05, 0) is 12.1 Å². The van der Waals surface area contributed by atoms with Gasteiger partial charge in [-0.1, -0.05) is 11.6 Å². The molecule has 0 atom stereocenters. The predicted molar refractivity (Wildman–Crippen MR) is 84.0 cm³/mol. The molecule has 0 radical (unpaired) electrons. The molecule has 8 heteroatoms. The van der Waals surface area contributed by atoms with Crippen molar-refractivity contribution in [1.82, 2.24) is 15.1 Å². The summed E-state index contributed by atoms with van der Waals surface area (Å²) in [5.74, 6) is -0.369. The van der Waals surface area contributed by atoms with E-state index in [1.165, 1.54) is 18.2 Å². The summed E-state index contributed by atoms with van der Waals surface area (Å²) in [6, 6.07) is 3.96. The van der Waals surface area contributed by atoms with Crippen LogP contribution in [0.4, 0.5) is 4.39 Å². The van der Waals surface area contributed by atoms with Gasteiger partial charge in [-0.3, -0.25) is 14.5 Å². The fourth-order valence-corrected chi connectivity index (χ4v) is 2.41. The van der Waals surface area contributed by atoms with Gasteiger partial charge in [-0.2, -0.15) is 0 Å². The number of hydrogen-bond donors (Lipinski definition) is 1. The van der Waals surface area contributed by atoms with Gasteiger partial charge < -0.3 is 15.0 Å². The molecular formula is C15H19ClFN3O3. The lowest BCUT2D eigenvalue weighted by molar-refractivity contribution is -0.135. The molecule has 6 nitrogen and oxygen atoms in total. The second-order valence-corrected chi connectivity index (χ2v) is 5.60. The van der Waals surface area contributed by atoms with E-state index >= 15 is 0 Å². The largest absolute Gasteiger partial charge is 0.484 e. The standard InChI is InChI=1S/C15H19ClFN3O3/c1-18-14(21)9-19-4-6-20(7-5-19)15(22)10-23-11-2-3-13(17)12(16)8-11/h2-3,8H,4-7,9-10H2,1H3,(H,18,21). The van der Waals surface area contributed by atoms with E-state index in [2.05, 4.69) is 5.32 Å². The van der Waals surface area contributed by atoms with Crippen molar-refractivity contribution < 1.29 is 18.7 Å². The van der Waals surface area contributed by atoms with Crippen LogP contribution in [0.5, 0.6) is 5.75 Å². The molecule has 0 unspecified atom stereocenters. The summed E-state index contributed by atoms with van der Waals surface area (Å²) in [7, 11) is 1.60. The molecule has 2 rings (SSSR count). The quantitative estimate of drug-likeness (QED) is 0.857. The molecule has 0 bridgehead atoms. The molecule has 126 valence electrons. The summed E-state index contributed by atoms with van der Waals surface area (Å²) in [4.78, 5) is 27.1. The number of halogens is 2. The molecule has 1 aliphatic heterocycles. The number of likely N-dealkylation sites (N-methyl/N-ethyl adjacent to an activating group) is 1. The first kappa shape index (κ1) is 17.5. The van der Waals surface area contributed by atoms with Crippen molar-refractivity contribution in [3.8, 4) is 5.75 Å². The number of amides is 2. The highest BCUT2D eigenvalue weighted by Gasteiger charge is 2.22. The van der Waals surface area contributed by atoms with E-state index < -0.39 is 5.82 Å². The van der Waals surface area contributed by atoms with Crippen molar-refractivity contribution in [2.75, 3.05) is 46.4 Å². The van der Waals surface area contributed by atoms with E-state index in [1.807, 2.05) is 4.90 Å². The van der Waals surface area contributed by atoms with Crippen LogP contribution in [0.1, 0.15) is 0 Å². The number of carbonyl (C=O) groups is 2. The van der Waals surface area contributed by atoms with Crippen LogP contribution in [0.25, 0.3) is 0 Å². The first-order valence-electron chi connectivity index (χ1n) is 7.28. The van der Waals surface area contributed by atoms with Gasteiger partial charge in [0.05, 0.1) is 11.6 Å². The van der Waals surface area contributed by atoms with E-state index in [9.17, 15) is 14.0 Å². The minimum atomic E-state index is -0.530. The van der Waals surface area contributed by atoms with Crippen LogP contribution < -0.4 is 10.1 Å². The van der Waals surface area contributed by atoms with Gasteiger partial charge in [0.1, 0.15) is 11.6 Å². The summed E-state index contributed by atoms with van der Waals surface area (Å²) in [5.41, 5.74) is 0. The lowest BCUT2D eigenvalue weighted by Crippen LogP contribution is -2.51. The van der Waals surface area contributed by atoms with Gasteiger partial charge >= 0.3 is 0 Å². The fraction of sp³-hybridized carbons (Fsp3) is 0.467. The van der Waals surface area contributed by atoms with Crippen LogP contribution in [0.2, 0.25) is 5.02 Å². The highest BCUT2D eigenvalue weighted by atomic mass is 35.5. The summed E-state index contributed by atoms with van der Waals surface area (Å²) in [6.07, 6.45) is 0. The van der Waals surface area contributed by atoms with Crippen LogP contribution in [0.15, 0.2) is 18.2 Å². The van der Waals surface area contributed by atoms with E-state index in [1.54, 1.807) is 11.9 Å². The molecule has 0 aliphatic carbocycles. The Bertz CT molecular complexity index is 577. The van der Waals surface area contributed by atoms with Gasteiger partial charge in [0.15, 0.2) is 6.61 Å². The summed E-state index contributed by atoms with van der Waals surface area (Å²) >= 11 is 5.66. The molecule has 0 saturated carbocycles. The third-order valence-corrected chi connectivity index (χ3v) is 3.91. The first-order valence-corrected chi connectivity index (χ1v) is 7.66. The maximum atomic E-state index is 13.0. The van der Waals surface area contributed by atoms with Crippen LogP contribution in [0, 0.1) is 5.82 Å². The zero-order valence-corrected chi connectivity index (χ0v) is 13.6. The Balaban J connectivity index is 1.76. The van der Waals surface area contributed by atoms with Gasteiger partial charge in [-0.15, -0.1) is 0 Å². The van der Waals surface area contributed by atoms with Crippen LogP contribution in [-0.2, 0) is 9.59 Å². The maximum Gasteiger partial charge on any atom is 0.260 e. The Morgan fingerprint density at radius 3 is 2.61 bits per heavy atom. The number of hydrogen-bond acceptors (Lipinski definition) is 4. The van der Waals surface area contributed by atoms with Crippen molar-refractivity contribution >= 4 is 23.4 Å². The third kappa shape index (κ3) is 5.07. The average molecular weight is 344 g/mol. The minimum absolute atomic E-state index is 0.0405. The van der Waals surface area contributed by atoms with E-state index in [0.29, 0.717) is 38.5 Å². The summed E-state index contributed by atoms with van der Waals surface area (Å²) in [5, 5.41) is 2.53. The van der Waals surface area contributed by atoms with Crippen molar-refractivity contribution in [2.24, 2.45) is 0 Å². The van der Waals surface area contributed by atoms with Gasteiger partial charge in [0, 0.05) is 39.3 Å². The molecule has 1 aromatic carbocycles. The fourth-order valence-electron chi connectivity index (χ4n) is 2.24. The second kappa shape index (κ2) is 8.12. The van der Waals surface area contributed by atoms with Crippen molar-refractivity contribution in [3.05, 3.63) is 29.0 Å². The zero-order chi connectivity index (χ0) is 16.8. The summed E-state index contributed by atoms with van der Waals surface area (Å²) < 4.78 is 18.4. The molecule has 1 N–H and O–H groups in total. The van der Waals surface area contributed by atoms with Crippen LogP contribution in [0.3, 0.4) is 0 Å². The minimum Gasteiger partial charge on any atom is -0.484 e. The monoisotopic (exact) mass is 343 g/mol. The van der Waals surface area contributed by atoms with Crippen molar-refractivity contribution in [3.63, 3.8) is 0 Å². The Kier molecular flexibility index (Phi) is 6.18. The Hall–Kier alpha value is -1.86.